The maximum Gasteiger partial charge on any atom is 0.252 e. The van der Waals surface area contributed by atoms with Crippen LogP contribution in [-0.2, 0) is 28.9 Å². The van der Waals surface area contributed by atoms with E-state index >= 15 is 0 Å². The first-order valence-electron chi connectivity index (χ1n) is 15.3. The Labute approximate surface area is 285 Å². The average molecular weight is 710 g/mol. The normalized spacial score (nSPS) is 16.5. The second kappa shape index (κ2) is 16.5. The highest BCUT2D eigenvalue weighted by Gasteiger charge is 2.54. The molecule has 0 bridgehead atoms. The number of nitrogens with zero attached hydrogens (tertiary/aromatic N) is 7. The molecular formula is C35H33BrN8O4. The van der Waals surface area contributed by atoms with Gasteiger partial charge in [-0.2, -0.15) is 0 Å². The van der Waals surface area contributed by atoms with Gasteiger partial charge in [0.05, 0.1) is 13.2 Å². The first kappa shape index (κ1) is 34.0. The lowest BCUT2D eigenvalue weighted by Crippen LogP contribution is -2.50. The Balaban J connectivity index is 1.60. The summed E-state index contributed by atoms with van der Waals surface area (Å²) in [4.78, 5) is 25.7. The molecule has 0 fully saturated rings. The van der Waals surface area contributed by atoms with Crippen LogP contribution in [-0.4, -0.2) is 42.2 Å². The number of aliphatic hydroxyl groups is 1. The van der Waals surface area contributed by atoms with Gasteiger partial charge in [-0.3, -0.25) is 4.79 Å². The van der Waals surface area contributed by atoms with Crippen molar-refractivity contribution in [1.82, 2.24) is 5.32 Å². The standard InChI is InChI=1S/C35H33BrN8O4/c36-28-14-10-24(11-15-28)18-19-39-34(46)35(22-26-6-1-2-7-27(26)23-40-43-37)32(30-8-3-4-9-31(30)42-44-38)48-33(41-35)25-12-16-29(17-13-25)47-21-5-20-45/h1-4,6-17,32,45H,5,18-23H2,(H,39,46)/t32-,35-/m1/s1. The van der Waals surface area contributed by atoms with Crippen molar-refractivity contribution in [2.24, 2.45) is 15.2 Å². The Kier molecular flexibility index (Phi) is 11.7. The fourth-order valence-electron chi connectivity index (χ4n) is 5.51. The van der Waals surface area contributed by atoms with Crippen LogP contribution in [0, 0.1) is 0 Å². The summed E-state index contributed by atoms with van der Waals surface area (Å²) in [7, 11) is 0. The number of nitrogens with one attached hydrogen (secondary N) is 1. The smallest absolute Gasteiger partial charge is 0.252 e. The highest BCUT2D eigenvalue weighted by atomic mass is 79.9. The number of azide groups is 2. The van der Waals surface area contributed by atoms with E-state index in [1.54, 1.807) is 48.5 Å². The summed E-state index contributed by atoms with van der Waals surface area (Å²) >= 11 is 3.46. The van der Waals surface area contributed by atoms with Crippen LogP contribution < -0.4 is 10.1 Å². The summed E-state index contributed by atoms with van der Waals surface area (Å²) < 4.78 is 13.3. The maximum absolute atomic E-state index is 14.6. The number of benzene rings is 4. The number of carbonyl (C=O) groups excluding carboxylic acids is 1. The Hall–Kier alpha value is -5.32. The molecule has 1 aliphatic heterocycles. The van der Waals surface area contributed by atoms with Gasteiger partial charge in [0.1, 0.15) is 5.75 Å². The van der Waals surface area contributed by atoms with Gasteiger partial charge < -0.3 is 19.9 Å². The molecule has 1 heterocycles. The van der Waals surface area contributed by atoms with E-state index in [1.165, 1.54) is 0 Å². The van der Waals surface area contributed by atoms with Gasteiger partial charge in [0.25, 0.3) is 5.91 Å². The quantitative estimate of drug-likeness (QED) is 0.0554. The number of ether oxygens (including phenoxy) is 2. The molecule has 48 heavy (non-hydrogen) atoms. The van der Waals surface area contributed by atoms with E-state index in [0.717, 1.165) is 21.2 Å². The minimum atomic E-state index is -1.56. The van der Waals surface area contributed by atoms with Gasteiger partial charge in [-0.05, 0) is 70.6 Å². The van der Waals surface area contributed by atoms with Gasteiger partial charge in [0.2, 0.25) is 5.90 Å². The number of amides is 1. The fourth-order valence-corrected chi connectivity index (χ4v) is 5.78. The average Bonchev–Trinajstić information content (AvgIpc) is 3.49. The van der Waals surface area contributed by atoms with E-state index in [-0.39, 0.29) is 31.4 Å². The highest BCUT2D eigenvalue weighted by Crippen LogP contribution is 2.45. The van der Waals surface area contributed by atoms with Gasteiger partial charge in [-0.1, -0.05) is 86.8 Å². The summed E-state index contributed by atoms with van der Waals surface area (Å²) in [6, 6.07) is 29.4. The zero-order chi connectivity index (χ0) is 33.8. The molecule has 0 spiro atoms. The number of aliphatic imine (C=N–C) groups is 1. The number of hydrogen-bond acceptors (Lipinski definition) is 7. The van der Waals surface area contributed by atoms with Crippen LogP contribution in [0.3, 0.4) is 0 Å². The number of hydrogen-bond donors (Lipinski definition) is 2. The van der Waals surface area contributed by atoms with Crippen LogP contribution in [0.1, 0.15) is 40.3 Å². The SMILES string of the molecule is [N-]=[N+]=NCc1ccccc1C[C@@]1(C(=O)NCCc2ccc(Br)cc2)N=C(c2ccc(OCCCO)cc2)O[C@@H]1c1ccccc1N=[N+]=[N-]. The van der Waals surface area contributed by atoms with Crippen LogP contribution >= 0.6 is 15.9 Å². The van der Waals surface area contributed by atoms with Gasteiger partial charge in [0.15, 0.2) is 11.6 Å². The molecule has 4 aromatic rings. The topological polar surface area (TPSA) is 178 Å². The Morgan fingerprint density at radius 1 is 0.979 bits per heavy atom. The minimum Gasteiger partial charge on any atom is -0.494 e. The Bertz CT molecular complexity index is 1860. The van der Waals surface area contributed by atoms with Crippen molar-refractivity contribution < 1.29 is 19.4 Å². The van der Waals surface area contributed by atoms with Crippen LogP contribution in [0.15, 0.2) is 117 Å². The summed E-state index contributed by atoms with van der Waals surface area (Å²) in [5, 5.41) is 19.9. The third-order valence-electron chi connectivity index (χ3n) is 7.90. The third kappa shape index (κ3) is 8.14. The largest absolute Gasteiger partial charge is 0.494 e. The molecule has 0 radical (unpaired) electrons. The summed E-state index contributed by atoms with van der Waals surface area (Å²) in [5.41, 5.74) is 20.8. The molecule has 0 aliphatic carbocycles. The molecule has 12 nitrogen and oxygen atoms in total. The second-order valence-electron chi connectivity index (χ2n) is 11.0. The zero-order valence-electron chi connectivity index (χ0n) is 25.9. The predicted molar refractivity (Wildman–Crippen MR) is 186 cm³/mol. The summed E-state index contributed by atoms with van der Waals surface area (Å²) in [5.74, 6) is 0.464. The second-order valence-corrected chi connectivity index (χ2v) is 11.9. The van der Waals surface area contributed by atoms with E-state index in [4.69, 9.17) is 25.1 Å². The third-order valence-corrected chi connectivity index (χ3v) is 8.43. The van der Waals surface area contributed by atoms with E-state index in [2.05, 4.69) is 41.3 Å². The Morgan fingerprint density at radius 2 is 1.71 bits per heavy atom. The van der Waals surface area contributed by atoms with Gasteiger partial charge in [-0.15, -0.1) is 0 Å². The fraction of sp³-hybridized carbons (Fsp3) is 0.257. The predicted octanol–water partition coefficient (Wildman–Crippen LogP) is 7.82. The molecule has 2 atom stereocenters. The molecule has 4 aromatic carbocycles. The molecule has 0 aromatic heterocycles. The van der Waals surface area contributed by atoms with Crippen molar-refractivity contribution in [1.29, 1.82) is 0 Å². The van der Waals surface area contributed by atoms with E-state index in [0.29, 0.717) is 48.6 Å². The molecule has 0 saturated heterocycles. The maximum atomic E-state index is 14.6. The van der Waals surface area contributed by atoms with Crippen LogP contribution in [0.5, 0.6) is 5.75 Å². The monoisotopic (exact) mass is 708 g/mol. The van der Waals surface area contributed by atoms with Crippen molar-refractivity contribution in [2.75, 3.05) is 19.8 Å². The first-order chi connectivity index (χ1) is 23.5. The molecule has 1 amide bonds. The lowest BCUT2D eigenvalue weighted by atomic mass is 9.80. The zero-order valence-corrected chi connectivity index (χ0v) is 27.5. The molecule has 2 N–H and O–H groups in total. The van der Waals surface area contributed by atoms with Gasteiger partial charge >= 0.3 is 0 Å². The molecule has 5 rings (SSSR count). The molecule has 0 unspecified atom stereocenters. The number of aliphatic hydroxyl groups excluding tert-OH is 1. The minimum absolute atomic E-state index is 0.0285. The number of halogens is 1. The Morgan fingerprint density at radius 3 is 2.44 bits per heavy atom. The number of carbonyl (C=O) groups is 1. The van der Waals surface area contributed by atoms with Crippen LogP contribution in [0.2, 0.25) is 0 Å². The highest BCUT2D eigenvalue weighted by molar-refractivity contribution is 9.10. The van der Waals surface area contributed by atoms with Crippen LogP contribution in [0.4, 0.5) is 5.69 Å². The van der Waals surface area contributed by atoms with Crippen molar-refractivity contribution in [3.8, 4) is 5.75 Å². The van der Waals surface area contributed by atoms with E-state index in [1.807, 2.05) is 48.5 Å². The first-order valence-corrected chi connectivity index (χ1v) is 16.1. The lowest BCUT2D eigenvalue weighted by molar-refractivity contribution is -0.128. The lowest BCUT2D eigenvalue weighted by Gasteiger charge is -2.32. The summed E-state index contributed by atoms with van der Waals surface area (Å²) in [6.07, 6.45) is 0.187. The summed E-state index contributed by atoms with van der Waals surface area (Å²) in [6.45, 7) is 0.812. The van der Waals surface area contributed by atoms with Crippen LogP contribution in [0.25, 0.3) is 20.9 Å². The van der Waals surface area contributed by atoms with E-state index in [9.17, 15) is 10.3 Å². The van der Waals surface area contributed by atoms with Crippen molar-refractivity contribution >= 4 is 33.4 Å². The molecule has 0 saturated carbocycles. The van der Waals surface area contributed by atoms with Crippen molar-refractivity contribution in [3.63, 3.8) is 0 Å². The van der Waals surface area contributed by atoms with Gasteiger partial charge in [0, 0.05) is 57.1 Å². The molecule has 244 valence electrons. The van der Waals surface area contributed by atoms with Crippen molar-refractivity contribution in [3.05, 3.63) is 150 Å². The molecular weight excluding hydrogens is 676 g/mol. The van der Waals surface area contributed by atoms with Gasteiger partial charge in [-0.25, -0.2) is 4.99 Å². The van der Waals surface area contributed by atoms with E-state index < -0.39 is 11.6 Å². The molecule has 1 aliphatic rings. The molecule has 13 heteroatoms. The number of rotatable bonds is 15. The van der Waals surface area contributed by atoms with Crippen molar-refractivity contribution in [2.45, 2.75) is 37.5 Å².